The van der Waals surface area contributed by atoms with Crippen molar-refractivity contribution in [2.75, 3.05) is 13.1 Å². The lowest BCUT2D eigenvalue weighted by Crippen LogP contribution is -2.23. The van der Waals surface area contributed by atoms with Crippen LogP contribution in [0.3, 0.4) is 0 Å². The van der Waals surface area contributed by atoms with Crippen LogP contribution in [-0.2, 0) is 0 Å². The molecule has 0 bridgehead atoms. The van der Waals surface area contributed by atoms with Gasteiger partial charge in [0.2, 0.25) is 0 Å². The lowest BCUT2D eigenvalue weighted by atomic mass is 10.3. The third-order valence-electron chi connectivity index (χ3n) is 1.16. The molecule has 0 heterocycles. The van der Waals surface area contributed by atoms with Gasteiger partial charge in [0.1, 0.15) is 0 Å². The molecule has 0 saturated heterocycles. The molecule has 0 aliphatic heterocycles. The molecule has 2 heteroatoms. The Morgan fingerprint density at radius 2 is 2.00 bits per heavy atom. The molecule has 1 radical (unpaired) electrons. The molecule has 0 aromatic heterocycles. The first-order chi connectivity index (χ1) is 4.27. The Morgan fingerprint density at radius 1 is 1.33 bits per heavy atom. The maximum Gasteiger partial charge on any atom is 0.0100 e. The van der Waals surface area contributed by atoms with Crippen LogP contribution in [0.5, 0.6) is 0 Å². The van der Waals surface area contributed by atoms with Gasteiger partial charge in [-0.05, 0) is 19.4 Å². The van der Waals surface area contributed by atoms with E-state index >= 15 is 0 Å². The molecule has 0 aliphatic carbocycles. The Morgan fingerprint density at radius 3 is 2.44 bits per heavy atom. The Balaban J connectivity index is 2.75. The summed E-state index contributed by atoms with van der Waals surface area (Å²) >= 11 is 0. The third-order valence-corrected chi connectivity index (χ3v) is 1.16. The van der Waals surface area contributed by atoms with Crippen LogP contribution in [0.4, 0.5) is 0 Å². The molecule has 0 saturated carbocycles. The number of hydrogen-bond donors (Lipinski definition) is 1. The average Bonchev–Trinajstić information content (AvgIpc) is 1.80. The van der Waals surface area contributed by atoms with E-state index in [1.54, 1.807) is 0 Å². The molecule has 2 N–H and O–H groups in total. The van der Waals surface area contributed by atoms with Crippen molar-refractivity contribution in [1.82, 2.24) is 11.1 Å². The standard InChI is InChI=1S/C7H17N2/c1-7(2)9-6-4-3-5-8/h7-9H,3-6H2,1-2H3. The molecule has 0 aliphatic rings. The Labute approximate surface area is 57.8 Å². The Hall–Kier alpha value is -0.0800. The quantitative estimate of drug-likeness (QED) is 0.553. The van der Waals surface area contributed by atoms with E-state index in [0.717, 1.165) is 19.4 Å². The van der Waals surface area contributed by atoms with Crippen LogP contribution in [-0.4, -0.2) is 19.1 Å². The highest BCUT2D eigenvalue weighted by Gasteiger charge is 1.89. The maximum atomic E-state index is 6.86. The molecule has 0 unspecified atom stereocenters. The summed E-state index contributed by atoms with van der Waals surface area (Å²) in [4.78, 5) is 0. The van der Waals surface area contributed by atoms with Crippen LogP contribution >= 0.6 is 0 Å². The molecule has 55 valence electrons. The third kappa shape index (κ3) is 7.92. The number of hydrogen-bond acceptors (Lipinski definition) is 1. The van der Waals surface area contributed by atoms with Gasteiger partial charge in [-0.25, -0.2) is 0 Å². The van der Waals surface area contributed by atoms with E-state index in [0.29, 0.717) is 12.6 Å². The van der Waals surface area contributed by atoms with Crippen LogP contribution < -0.4 is 11.1 Å². The molecule has 0 aromatic rings. The predicted octanol–water partition coefficient (Wildman–Crippen LogP) is 1.05. The van der Waals surface area contributed by atoms with Crippen molar-refractivity contribution in [1.29, 1.82) is 0 Å². The SMILES string of the molecule is CC(C)NCCCC[NH]. The van der Waals surface area contributed by atoms with E-state index in [1.807, 2.05) is 0 Å². The normalized spacial score (nSPS) is 10.7. The molecule has 0 aromatic carbocycles. The van der Waals surface area contributed by atoms with Crippen LogP contribution in [0.15, 0.2) is 0 Å². The van der Waals surface area contributed by atoms with Gasteiger partial charge < -0.3 is 5.32 Å². The number of nitrogens with one attached hydrogen (secondary N) is 2. The van der Waals surface area contributed by atoms with E-state index in [2.05, 4.69) is 19.2 Å². The van der Waals surface area contributed by atoms with Crippen molar-refractivity contribution in [3.8, 4) is 0 Å². The molecule has 2 nitrogen and oxygen atoms in total. The zero-order valence-corrected chi connectivity index (χ0v) is 6.41. The second-order valence-corrected chi connectivity index (χ2v) is 2.57. The Bertz CT molecular complexity index is 52.9. The van der Waals surface area contributed by atoms with Crippen molar-refractivity contribution < 1.29 is 0 Å². The van der Waals surface area contributed by atoms with Gasteiger partial charge in [0, 0.05) is 12.6 Å². The predicted molar refractivity (Wildman–Crippen MR) is 40.3 cm³/mol. The highest BCUT2D eigenvalue weighted by Crippen LogP contribution is 1.84. The van der Waals surface area contributed by atoms with Crippen molar-refractivity contribution in [3.05, 3.63) is 0 Å². The molecule has 0 spiro atoms. The summed E-state index contributed by atoms with van der Waals surface area (Å²) in [5.41, 5.74) is 6.86. The second-order valence-electron chi connectivity index (χ2n) is 2.57. The van der Waals surface area contributed by atoms with E-state index < -0.39 is 0 Å². The maximum absolute atomic E-state index is 6.86. The van der Waals surface area contributed by atoms with Crippen molar-refractivity contribution in [2.45, 2.75) is 32.7 Å². The summed E-state index contributed by atoms with van der Waals surface area (Å²) in [7, 11) is 0. The smallest absolute Gasteiger partial charge is 0.0100 e. The molecule has 0 rings (SSSR count). The van der Waals surface area contributed by atoms with Crippen molar-refractivity contribution in [3.63, 3.8) is 0 Å². The molecular formula is C7H17N2. The minimum absolute atomic E-state index is 0.569. The molecule has 0 fully saturated rings. The first-order valence-electron chi connectivity index (χ1n) is 3.65. The zero-order valence-electron chi connectivity index (χ0n) is 6.41. The van der Waals surface area contributed by atoms with Gasteiger partial charge in [-0.1, -0.05) is 13.8 Å². The van der Waals surface area contributed by atoms with Gasteiger partial charge in [0.05, 0.1) is 0 Å². The lowest BCUT2D eigenvalue weighted by Gasteiger charge is -2.05. The fourth-order valence-corrected chi connectivity index (χ4v) is 0.641. The first kappa shape index (κ1) is 8.92. The summed E-state index contributed by atoms with van der Waals surface area (Å²) in [6.07, 6.45) is 2.17. The zero-order chi connectivity index (χ0) is 7.11. The van der Waals surface area contributed by atoms with Gasteiger partial charge >= 0.3 is 0 Å². The molecular weight excluding hydrogens is 112 g/mol. The fourth-order valence-electron chi connectivity index (χ4n) is 0.641. The minimum Gasteiger partial charge on any atom is -0.315 e. The van der Waals surface area contributed by atoms with E-state index in [4.69, 9.17) is 5.73 Å². The minimum atomic E-state index is 0.569. The van der Waals surface area contributed by atoms with Gasteiger partial charge in [0.15, 0.2) is 0 Å². The Kier molecular flexibility index (Phi) is 5.99. The summed E-state index contributed by atoms with van der Waals surface area (Å²) < 4.78 is 0. The van der Waals surface area contributed by atoms with Crippen molar-refractivity contribution >= 4 is 0 Å². The monoisotopic (exact) mass is 129 g/mol. The molecule has 9 heavy (non-hydrogen) atoms. The summed E-state index contributed by atoms with van der Waals surface area (Å²) in [5.74, 6) is 0. The van der Waals surface area contributed by atoms with E-state index in [9.17, 15) is 0 Å². The lowest BCUT2D eigenvalue weighted by molar-refractivity contribution is 0.559. The largest absolute Gasteiger partial charge is 0.315 e. The first-order valence-corrected chi connectivity index (χ1v) is 3.65. The molecule has 0 amide bonds. The van der Waals surface area contributed by atoms with E-state index in [-0.39, 0.29) is 0 Å². The second kappa shape index (κ2) is 6.05. The van der Waals surface area contributed by atoms with Crippen LogP contribution in [0.2, 0.25) is 0 Å². The summed E-state index contributed by atoms with van der Waals surface area (Å²) in [5, 5.41) is 3.30. The van der Waals surface area contributed by atoms with Crippen LogP contribution in [0.25, 0.3) is 0 Å². The van der Waals surface area contributed by atoms with E-state index in [1.165, 1.54) is 0 Å². The van der Waals surface area contributed by atoms with Crippen molar-refractivity contribution in [2.24, 2.45) is 0 Å². The van der Waals surface area contributed by atoms with Crippen LogP contribution in [0, 0.1) is 0 Å². The summed E-state index contributed by atoms with van der Waals surface area (Å²) in [6, 6.07) is 0.593. The highest BCUT2D eigenvalue weighted by atomic mass is 14.9. The van der Waals surface area contributed by atoms with Gasteiger partial charge in [0.25, 0.3) is 0 Å². The van der Waals surface area contributed by atoms with Gasteiger partial charge in [-0.2, -0.15) is 0 Å². The molecule has 0 atom stereocenters. The van der Waals surface area contributed by atoms with Crippen LogP contribution in [0.1, 0.15) is 26.7 Å². The summed E-state index contributed by atoms with van der Waals surface area (Å²) in [6.45, 7) is 5.91. The highest BCUT2D eigenvalue weighted by molar-refractivity contribution is 4.52. The van der Waals surface area contributed by atoms with Gasteiger partial charge in [-0.3, -0.25) is 5.73 Å². The number of rotatable bonds is 5. The van der Waals surface area contributed by atoms with Gasteiger partial charge in [-0.15, -0.1) is 0 Å². The fraction of sp³-hybridized carbons (Fsp3) is 1.00. The average molecular weight is 129 g/mol. The number of unbranched alkanes of at least 4 members (excludes halogenated alkanes) is 1. The topological polar surface area (TPSA) is 35.8 Å².